The Morgan fingerprint density at radius 1 is 1.44 bits per heavy atom. The van der Waals surface area contributed by atoms with Crippen LogP contribution in [-0.2, 0) is 11.2 Å². The molecule has 1 aromatic rings. The summed E-state index contributed by atoms with van der Waals surface area (Å²) >= 11 is 0. The maximum atomic E-state index is 5.70. The minimum atomic E-state index is 0.391. The van der Waals surface area contributed by atoms with Crippen molar-refractivity contribution >= 4 is 5.69 Å². The van der Waals surface area contributed by atoms with Crippen LogP contribution >= 0.6 is 0 Å². The molecule has 0 spiro atoms. The van der Waals surface area contributed by atoms with Gasteiger partial charge in [-0.05, 0) is 44.4 Å². The average Bonchev–Trinajstić information content (AvgIpc) is 2.82. The molecule has 1 aliphatic heterocycles. The van der Waals surface area contributed by atoms with E-state index in [2.05, 4.69) is 37.1 Å². The van der Waals surface area contributed by atoms with Crippen molar-refractivity contribution in [1.82, 2.24) is 0 Å². The van der Waals surface area contributed by atoms with Crippen LogP contribution in [-0.4, -0.2) is 32.8 Å². The summed E-state index contributed by atoms with van der Waals surface area (Å²) in [6.45, 7) is 4.72. The highest BCUT2D eigenvalue weighted by molar-refractivity contribution is 5.54. The SMILES string of the molecule is Cc1ccc(N(C)CC2CCCO2)c(CCN)c1. The molecule has 1 unspecified atom stereocenters. The van der Waals surface area contributed by atoms with Gasteiger partial charge in [-0.2, -0.15) is 0 Å². The second-order valence-corrected chi connectivity index (χ2v) is 5.19. The molecule has 1 atom stereocenters. The number of nitrogens with two attached hydrogens (primary N) is 1. The Labute approximate surface area is 110 Å². The topological polar surface area (TPSA) is 38.5 Å². The largest absolute Gasteiger partial charge is 0.376 e. The normalized spacial score (nSPS) is 19.2. The lowest BCUT2D eigenvalue weighted by molar-refractivity contribution is 0.116. The Morgan fingerprint density at radius 3 is 2.94 bits per heavy atom. The van der Waals surface area contributed by atoms with E-state index in [9.17, 15) is 0 Å². The van der Waals surface area contributed by atoms with E-state index in [1.165, 1.54) is 29.7 Å². The Kier molecular flexibility index (Phi) is 4.61. The van der Waals surface area contributed by atoms with Crippen molar-refractivity contribution in [2.24, 2.45) is 5.73 Å². The molecule has 0 aromatic heterocycles. The third kappa shape index (κ3) is 3.24. The van der Waals surface area contributed by atoms with Gasteiger partial charge in [-0.3, -0.25) is 0 Å². The molecule has 3 heteroatoms. The Morgan fingerprint density at radius 2 is 2.28 bits per heavy atom. The highest BCUT2D eigenvalue weighted by Crippen LogP contribution is 2.23. The smallest absolute Gasteiger partial charge is 0.0750 e. The van der Waals surface area contributed by atoms with Crippen LogP contribution < -0.4 is 10.6 Å². The Balaban J connectivity index is 2.09. The third-order valence-electron chi connectivity index (χ3n) is 3.56. The van der Waals surface area contributed by atoms with E-state index >= 15 is 0 Å². The zero-order valence-corrected chi connectivity index (χ0v) is 11.5. The van der Waals surface area contributed by atoms with Gasteiger partial charge < -0.3 is 15.4 Å². The van der Waals surface area contributed by atoms with Crippen molar-refractivity contribution in [3.8, 4) is 0 Å². The van der Waals surface area contributed by atoms with Gasteiger partial charge in [-0.1, -0.05) is 17.7 Å². The number of hydrogen-bond donors (Lipinski definition) is 1. The molecule has 1 aromatic carbocycles. The highest BCUT2D eigenvalue weighted by Gasteiger charge is 2.18. The summed E-state index contributed by atoms with van der Waals surface area (Å²) in [6.07, 6.45) is 3.71. The molecular formula is C15H24N2O. The second-order valence-electron chi connectivity index (χ2n) is 5.19. The lowest BCUT2D eigenvalue weighted by Gasteiger charge is -2.25. The number of benzene rings is 1. The van der Waals surface area contributed by atoms with Gasteiger partial charge in [0.15, 0.2) is 0 Å². The zero-order valence-electron chi connectivity index (χ0n) is 11.5. The van der Waals surface area contributed by atoms with E-state index in [0.717, 1.165) is 19.6 Å². The number of rotatable bonds is 5. The van der Waals surface area contributed by atoms with E-state index in [0.29, 0.717) is 12.6 Å². The van der Waals surface area contributed by atoms with Crippen molar-refractivity contribution in [2.75, 3.05) is 31.6 Å². The van der Waals surface area contributed by atoms with Crippen LogP contribution in [0.25, 0.3) is 0 Å². The van der Waals surface area contributed by atoms with Crippen LogP contribution in [0.2, 0.25) is 0 Å². The molecule has 1 aliphatic rings. The molecule has 2 N–H and O–H groups in total. The van der Waals surface area contributed by atoms with Gasteiger partial charge in [0.05, 0.1) is 6.10 Å². The number of aryl methyl sites for hydroxylation is 1. The molecule has 1 heterocycles. The third-order valence-corrected chi connectivity index (χ3v) is 3.56. The van der Waals surface area contributed by atoms with Gasteiger partial charge in [0, 0.05) is 25.9 Å². The van der Waals surface area contributed by atoms with Crippen LogP contribution in [0.5, 0.6) is 0 Å². The average molecular weight is 248 g/mol. The van der Waals surface area contributed by atoms with Crippen LogP contribution in [0.15, 0.2) is 18.2 Å². The molecule has 1 saturated heterocycles. The fraction of sp³-hybridized carbons (Fsp3) is 0.600. The van der Waals surface area contributed by atoms with Gasteiger partial charge in [0.25, 0.3) is 0 Å². The predicted octanol–water partition coefficient (Wildman–Crippen LogP) is 2.11. The molecule has 0 radical (unpaired) electrons. The molecule has 18 heavy (non-hydrogen) atoms. The predicted molar refractivity (Wildman–Crippen MR) is 76.2 cm³/mol. The van der Waals surface area contributed by atoms with Gasteiger partial charge in [-0.25, -0.2) is 0 Å². The first-order valence-corrected chi connectivity index (χ1v) is 6.83. The van der Waals surface area contributed by atoms with Crippen molar-refractivity contribution < 1.29 is 4.74 Å². The second kappa shape index (κ2) is 6.21. The summed E-state index contributed by atoms with van der Waals surface area (Å²) in [6, 6.07) is 6.62. The molecule has 3 nitrogen and oxygen atoms in total. The first-order valence-electron chi connectivity index (χ1n) is 6.83. The molecule has 2 rings (SSSR count). The van der Waals surface area contributed by atoms with E-state index < -0.39 is 0 Å². The fourth-order valence-electron chi connectivity index (χ4n) is 2.63. The highest BCUT2D eigenvalue weighted by atomic mass is 16.5. The standard InChI is InChI=1S/C15H24N2O/c1-12-5-6-15(13(10-12)7-8-16)17(2)11-14-4-3-9-18-14/h5-6,10,14H,3-4,7-9,11,16H2,1-2H3. The number of anilines is 1. The van der Waals surface area contributed by atoms with E-state index in [1.54, 1.807) is 0 Å². The summed E-state index contributed by atoms with van der Waals surface area (Å²) in [5.41, 5.74) is 9.64. The maximum Gasteiger partial charge on any atom is 0.0750 e. The van der Waals surface area contributed by atoms with Crippen LogP contribution in [0.4, 0.5) is 5.69 Å². The molecule has 0 amide bonds. The summed E-state index contributed by atoms with van der Waals surface area (Å²) in [5.74, 6) is 0. The minimum Gasteiger partial charge on any atom is -0.376 e. The molecule has 0 saturated carbocycles. The Hall–Kier alpha value is -1.06. The number of hydrogen-bond acceptors (Lipinski definition) is 3. The van der Waals surface area contributed by atoms with Gasteiger partial charge in [0.2, 0.25) is 0 Å². The van der Waals surface area contributed by atoms with Gasteiger partial charge in [-0.15, -0.1) is 0 Å². The van der Waals surface area contributed by atoms with Crippen molar-refractivity contribution in [2.45, 2.75) is 32.3 Å². The maximum absolute atomic E-state index is 5.70. The number of likely N-dealkylation sites (N-methyl/N-ethyl adjacent to an activating group) is 1. The summed E-state index contributed by atoms with van der Waals surface area (Å²) < 4.78 is 5.70. The van der Waals surface area contributed by atoms with Crippen molar-refractivity contribution in [1.29, 1.82) is 0 Å². The van der Waals surface area contributed by atoms with E-state index in [1.807, 2.05) is 0 Å². The van der Waals surface area contributed by atoms with Crippen LogP contribution in [0.1, 0.15) is 24.0 Å². The minimum absolute atomic E-state index is 0.391. The summed E-state index contributed by atoms with van der Waals surface area (Å²) in [7, 11) is 2.15. The lowest BCUT2D eigenvalue weighted by Crippen LogP contribution is -2.29. The molecule has 0 aliphatic carbocycles. The van der Waals surface area contributed by atoms with Crippen molar-refractivity contribution in [3.05, 3.63) is 29.3 Å². The fourth-order valence-corrected chi connectivity index (χ4v) is 2.63. The van der Waals surface area contributed by atoms with Crippen LogP contribution in [0, 0.1) is 6.92 Å². The van der Waals surface area contributed by atoms with E-state index in [4.69, 9.17) is 10.5 Å². The number of nitrogens with zero attached hydrogens (tertiary/aromatic N) is 1. The zero-order chi connectivity index (χ0) is 13.0. The molecule has 0 bridgehead atoms. The molecular weight excluding hydrogens is 224 g/mol. The van der Waals surface area contributed by atoms with Gasteiger partial charge >= 0.3 is 0 Å². The van der Waals surface area contributed by atoms with E-state index in [-0.39, 0.29) is 0 Å². The summed E-state index contributed by atoms with van der Waals surface area (Å²) in [5, 5.41) is 0. The first kappa shape index (κ1) is 13.4. The Bertz CT molecular complexity index is 386. The first-order chi connectivity index (χ1) is 8.70. The lowest BCUT2D eigenvalue weighted by atomic mass is 10.1. The van der Waals surface area contributed by atoms with Crippen LogP contribution in [0.3, 0.4) is 0 Å². The summed E-state index contributed by atoms with van der Waals surface area (Å²) in [4.78, 5) is 2.31. The monoisotopic (exact) mass is 248 g/mol. The number of ether oxygens (including phenoxy) is 1. The van der Waals surface area contributed by atoms with Crippen molar-refractivity contribution in [3.63, 3.8) is 0 Å². The quantitative estimate of drug-likeness (QED) is 0.867. The molecule has 1 fully saturated rings. The molecule has 100 valence electrons. The van der Waals surface area contributed by atoms with Gasteiger partial charge in [0.1, 0.15) is 0 Å².